The number of rotatable bonds is 7. The van der Waals surface area contributed by atoms with Crippen LogP contribution in [0.4, 0.5) is 13.2 Å². The topological polar surface area (TPSA) is 54.5 Å². The third-order valence-corrected chi connectivity index (χ3v) is 9.80. The molecular formula is C25H23ClF3NO3S2. The third kappa shape index (κ3) is 5.63. The normalized spacial score (nSPS) is 18.0. The van der Waals surface area contributed by atoms with Crippen molar-refractivity contribution >= 4 is 38.7 Å². The van der Waals surface area contributed by atoms with Crippen LogP contribution in [0.15, 0.2) is 64.9 Å². The molecule has 0 N–H and O–H groups in total. The number of thiophene rings is 1. The van der Waals surface area contributed by atoms with Crippen molar-refractivity contribution in [2.24, 2.45) is 0 Å². The van der Waals surface area contributed by atoms with Gasteiger partial charge >= 0.3 is 6.18 Å². The SMILES string of the molecule is C[C@H](CC(=O)[C@@H]1CCCN1S(=O)(=O)c1ccc(Cl)s1)c1cccc(-c2ccc(C(F)(F)F)cc2)c1. The van der Waals surface area contributed by atoms with Crippen LogP contribution >= 0.6 is 22.9 Å². The molecule has 186 valence electrons. The third-order valence-electron chi connectivity index (χ3n) is 6.20. The van der Waals surface area contributed by atoms with Gasteiger partial charge in [-0.25, -0.2) is 8.42 Å². The van der Waals surface area contributed by atoms with Crippen molar-refractivity contribution in [3.63, 3.8) is 0 Å². The molecule has 0 radical (unpaired) electrons. The lowest BCUT2D eigenvalue weighted by atomic mass is 9.90. The molecule has 3 aromatic rings. The maximum absolute atomic E-state index is 13.2. The Bertz CT molecular complexity index is 1320. The van der Waals surface area contributed by atoms with Crippen molar-refractivity contribution < 1.29 is 26.4 Å². The molecule has 0 amide bonds. The minimum absolute atomic E-state index is 0.125. The highest BCUT2D eigenvalue weighted by molar-refractivity contribution is 7.91. The van der Waals surface area contributed by atoms with Crippen LogP contribution in [0.25, 0.3) is 11.1 Å². The van der Waals surface area contributed by atoms with Crippen LogP contribution in [-0.2, 0) is 21.0 Å². The summed E-state index contributed by atoms with van der Waals surface area (Å²) in [5, 5.41) is 0. The molecule has 1 saturated heterocycles. The van der Waals surface area contributed by atoms with Crippen molar-refractivity contribution in [1.82, 2.24) is 4.31 Å². The predicted octanol–water partition coefficient (Wildman–Crippen LogP) is 7.00. The second-order valence-electron chi connectivity index (χ2n) is 8.60. The molecule has 0 unspecified atom stereocenters. The Kier molecular flexibility index (Phi) is 7.43. The maximum atomic E-state index is 13.2. The number of hydrogen-bond acceptors (Lipinski definition) is 4. The number of sulfonamides is 1. The molecule has 0 aliphatic carbocycles. The summed E-state index contributed by atoms with van der Waals surface area (Å²) in [6.07, 6.45) is -3.17. The van der Waals surface area contributed by atoms with Gasteiger partial charge in [-0.05, 0) is 59.7 Å². The molecule has 0 spiro atoms. The summed E-state index contributed by atoms with van der Waals surface area (Å²) in [4.78, 5) is 13.2. The van der Waals surface area contributed by atoms with Gasteiger partial charge in [0.25, 0.3) is 10.0 Å². The molecule has 4 rings (SSSR count). The molecule has 0 bridgehead atoms. The van der Waals surface area contributed by atoms with Crippen LogP contribution in [0.2, 0.25) is 4.34 Å². The molecule has 1 aromatic heterocycles. The van der Waals surface area contributed by atoms with E-state index in [0.717, 1.165) is 34.6 Å². The van der Waals surface area contributed by atoms with Crippen LogP contribution in [0.5, 0.6) is 0 Å². The number of hydrogen-bond donors (Lipinski definition) is 0. The first-order valence-electron chi connectivity index (χ1n) is 11.0. The smallest absolute Gasteiger partial charge is 0.298 e. The van der Waals surface area contributed by atoms with E-state index in [1.165, 1.54) is 28.6 Å². The Balaban J connectivity index is 1.49. The van der Waals surface area contributed by atoms with Gasteiger partial charge in [0.05, 0.1) is 15.9 Å². The number of Topliss-reactive ketones (excluding diaryl/α,β-unsaturated/α-hetero) is 1. The number of halogens is 4. The molecular weight excluding hydrogens is 519 g/mol. The minimum Gasteiger partial charge on any atom is -0.298 e. The van der Waals surface area contributed by atoms with Crippen LogP contribution < -0.4 is 0 Å². The molecule has 1 aliphatic heterocycles. The van der Waals surface area contributed by atoms with Crippen molar-refractivity contribution in [1.29, 1.82) is 0 Å². The summed E-state index contributed by atoms with van der Waals surface area (Å²) >= 11 is 6.88. The highest BCUT2D eigenvalue weighted by Crippen LogP contribution is 2.35. The lowest BCUT2D eigenvalue weighted by Crippen LogP contribution is -2.40. The second-order valence-corrected chi connectivity index (χ2v) is 12.4. The lowest BCUT2D eigenvalue weighted by molar-refractivity contribution is -0.137. The van der Waals surface area contributed by atoms with Crippen LogP contribution in [0.3, 0.4) is 0 Å². The fraction of sp³-hybridized carbons (Fsp3) is 0.320. The largest absolute Gasteiger partial charge is 0.416 e. The molecule has 4 nitrogen and oxygen atoms in total. The molecule has 2 aromatic carbocycles. The molecule has 1 fully saturated rings. The molecule has 2 atom stereocenters. The lowest BCUT2D eigenvalue weighted by Gasteiger charge is -2.23. The van der Waals surface area contributed by atoms with Crippen LogP contribution in [0, 0.1) is 0 Å². The highest BCUT2D eigenvalue weighted by Gasteiger charge is 2.40. The van der Waals surface area contributed by atoms with E-state index in [2.05, 4.69) is 0 Å². The van der Waals surface area contributed by atoms with Gasteiger partial charge in [-0.2, -0.15) is 17.5 Å². The fourth-order valence-corrected chi connectivity index (χ4v) is 7.62. The zero-order valence-electron chi connectivity index (χ0n) is 18.8. The van der Waals surface area contributed by atoms with Gasteiger partial charge in [0.2, 0.25) is 0 Å². The van der Waals surface area contributed by atoms with Crippen molar-refractivity contribution in [3.8, 4) is 11.1 Å². The van der Waals surface area contributed by atoms with Gasteiger partial charge in [0.15, 0.2) is 5.78 Å². The van der Waals surface area contributed by atoms with Crippen LogP contribution in [0.1, 0.15) is 43.2 Å². The maximum Gasteiger partial charge on any atom is 0.416 e. The van der Waals surface area contributed by atoms with Crippen LogP contribution in [-0.4, -0.2) is 31.1 Å². The number of alkyl halides is 3. The first kappa shape index (κ1) is 25.9. The first-order chi connectivity index (χ1) is 16.5. The Morgan fingerprint density at radius 1 is 1.11 bits per heavy atom. The summed E-state index contributed by atoms with van der Waals surface area (Å²) in [7, 11) is -3.80. The Morgan fingerprint density at radius 3 is 2.46 bits per heavy atom. The standard InChI is InChI=1S/C25H23ClF3NO3S2/c1-16(18-4-2-5-19(15-18)17-7-9-20(10-8-17)25(27,28)29)14-22(31)21-6-3-13-30(21)35(32,33)24-12-11-23(26)34-24/h2,4-5,7-12,15-16,21H,3,6,13-14H2,1H3/t16-,21+/m1/s1. The fourth-order valence-electron chi connectivity index (χ4n) is 4.33. The monoisotopic (exact) mass is 541 g/mol. The van der Waals surface area contributed by atoms with E-state index >= 15 is 0 Å². The number of benzene rings is 2. The Hall–Kier alpha value is -2.20. The van der Waals surface area contributed by atoms with E-state index in [1.54, 1.807) is 12.1 Å². The van der Waals surface area contributed by atoms with Gasteiger partial charge in [0.1, 0.15) is 4.21 Å². The minimum atomic E-state index is -4.40. The summed E-state index contributed by atoms with van der Waals surface area (Å²) in [6.45, 7) is 2.17. The van der Waals surface area contributed by atoms with Crippen molar-refractivity contribution in [2.75, 3.05) is 6.54 Å². The summed E-state index contributed by atoms with van der Waals surface area (Å²) in [6, 6.07) is 14.5. The van der Waals surface area contributed by atoms with E-state index in [1.807, 2.05) is 19.1 Å². The Morgan fingerprint density at radius 2 is 1.83 bits per heavy atom. The number of ketones is 1. The number of nitrogens with zero attached hydrogens (tertiary/aromatic N) is 1. The molecule has 1 aliphatic rings. The van der Waals surface area contributed by atoms with Gasteiger partial charge in [-0.3, -0.25) is 4.79 Å². The zero-order valence-corrected chi connectivity index (χ0v) is 21.1. The summed E-state index contributed by atoms with van der Waals surface area (Å²) in [5.74, 6) is -0.348. The zero-order chi connectivity index (χ0) is 25.4. The van der Waals surface area contributed by atoms with Crippen molar-refractivity contribution in [2.45, 2.75) is 48.5 Å². The van der Waals surface area contributed by atoms with E-state index in [-0.39, 0.29) is 28.9 Å². The van der Waals surface area contributed by atoms with Gasteiger partial charge in [0, 0.05) is 13.0 Å². The number of carbonyl (C=O) groups excluding carboxylic acids is 1. The first-order valence-corrected chi connectivity index (χ1v) is 13.7. The average Bonchev–Trinajstić information content (AvgIpc) is 3.49. The number of carbonyl (C=O) groups is 1. The molecule has 10 heteroatoms. The Labute approximate surface area is 211 Å². The average molecular weight is 542 g/mol. The van der Waals surface area contributed by atoms with Gasteiger partial charge in [-0.1, -0.05) is 54.9 Å². The van der Waals surface area contributed by atoms with E-state index < -0.39 is 27.8 Å². The van der Waals surface area contributed by atoms with Gasteiger partial charge < -0.3 is 0 Å². The molecule has 35 heavy (non-hydrogen) atoms. The summed E-state index contributed by atoms with van der Waals surface area (Å²) < 4.78 is 66.5. The van der Waals surface area contributed by atoms with Gasteiger partial charge in [-0.15, -0.1) is 11.3 Å². The predicted molar refractivity (Wildman–Crippen MR) is 131 cm³/mol. The summed E-state index contributed by atoms with van der Waals surface area (Å²) in [5.41, 5.74) is 1.53. The molecule has 0 saturated carbocycles. The quantitative estimate of drug-likeness (QED) is 0.323. The molecule has 2 heterocycles. The van der Waals surface area contributed by atoms with E-state index in [9.17, 15) is 26.4 Å². The second kappa shape index (κ2) is 10.0. The van der Waals surface area contributed by atoms with E-state index in [4.69, 9.17) is 11.6 Å². The van der Waals surface area contributed by atoms with Crippen molar-refractivity contribution in [3.05, 3.63) is 76.1 Å². The highest BCUT2D eigenvalue weighted by atomic mass is 35.5. The van der Waals surface area contributed by atoms with E-state index in [0.29, 0.717) is 22.7 Å².